The smallest absolute Gasteiger partial charge is 0.326 e. The Kier molecular flexibility index (Phi) is 11.5. The van der Waals surface area contributed by atoms with Crippen LogP contribution < -0.4 is 27.4 Å². The first-order valence-corrected chi connectivity index (χ1v) is 9.22. The third-order valence-electron chi connectivity index (χ3n) is 4.35. The van der Waals surface area contributed by atoms with E-state index in [1.54, 1.807) is 13.8 Å². The van der Waals surface area contributed by atoms with Gasteiger partial charge in [-0.2, -0.15) is 0 Å². The van der Waals surface area contributed by atoms with Gasteiger partial charge in [-0.05, 0) is 19.3 Å². The molecule has 0 rings (SSSR count). The minimum absolute atomic E-state index is 0.190. The van der Waals surface area contributed by atoms with Gasteiger partial charge in [0.05, 0.1) is 12.6 Å². The van der Waals surface area contributed by atoms with Crippen LogP contribution in [0.5, 0.6) is 0 Å². The molecule has 29 heavy (non-hydrogen) atoms. The molecule has 0 fully saturated rings. The van der Waals surface area contributed by atoms with Crippen LogP contribution in [-0.4, -0.2) is 70.6 Å². The molecule has 0 aliphatic carbocycles. The SMILES string of the molecule is CCC(C)C(NC(=O)CNC(=O)C(N)C(C)O)C(=O)NC(CCC(N)=O)C(=O)O. The molecule has 0 bridgehead atoms. The van der Waals surface area contributed by atoms with Crippen LogP contribution in [0.15, 0.2) is 0 Å². The average Bonchev–Trinajstić information content (AvgIpc) is 2.65. The van der Waals surface area contributed by atoms with Crippen LogP contribution in [0.2, 0.25) is 0 Å². The third-order valence-corrected chi connectivity index (χ3v) is 4.35. The Hall–Kier alpha value is -2.73. The molecule has 9 N–H and O–H groups in total. The Morgan fingerprint density at radius 3 is 2.07 bits per heavy atom. The van der Waals surface area contributed by atoms with Crippen molar-refractivity contribution >= 4 is 29.6 Å². The van der Waals surface area contributed by atoms with Gasteiger partial charge in [-0.25, -0.2) is 4.79 Å². The van der Waals surface area contributed by atoms with Crippen LogP contribution >= 0.6 is 0 Å². The molecular weight excluding hydrogens is 386 g/mol. The first-order chi connectivity index (χ1) is 13.4. The maximum Gasteiger partial charge on any atom is 0.326 e. The zero-order chi connectivity index (χ0) is 22.7. The number of carbonyl (C=O) groups excluding carboxylic acids is 4. The highest BCUT2D eigenvalue weighted by Gasteiger charge is 2.30. The normalized spacial score (nSPS) is 15.9. The second-order valence-corrected chi connectivity index (χ2v) is 6.82. The highest BCUT2D eigenvalue weighted by atomic mass is 16.4. The number of hydrogen-bond acceptors (Lipinski definition) is 7. The number of aliphatic carboxylic acids is 1. The van der Waals surface area contributed by atoms with Gasteiger partial charge in [0.2, 0.25) is 23.6 Å². The van der Waals surface area contributed by atoms with Crippen LogP contribution in [0.3, 0.4) is 0 Å². The summed E-state index contributed by atoms with van der Waals surface area (Å²) in [5.74, 6) is -4.56. The maximum absolute atomic E-state index is 12.5. The Morgan fingerprint density at radius 2 is 1.62 bits per heavy atom. The number of hydrogen-bond donors (Lipinski definition) is 7. The lowest BCUT2D eigenvalue weighted by molar-refractivity contribution is -0.143. The summed E-state index contributed by atoms with van der Waals surface area (Å²) in [7, 11) is 0. The van der Waals surface area contributed by atoms with Crippen LogP contribution in [0.25, 0.3) is 0 Å². The molecule has 0 spiro atoms. The first-order valence-electron chi connectivity index (χ1n) is 9.22. The minimum Gasteiger partial charge on any atom is -0.480 e. The Bertz CT molecular complexity index is 611. The van der Waals surface area contributed by atoms with Gasteiger partial charge in [0.25, 0.3) is 0 Å². The number of carbonyl (C=O) groups is 5. The van der Waals surface area contributed by atoms with Crippen LogP contribution in [0.4, 0.5) is 0 Å². The van der Waals surface area contributed by atoms with E-state index in [4.69, 9.17) is 11.5 Å². The van der Waals surface area contributed by atoms with Crippen molar-refractivity contribution in [2.75, 3.05) is 6.54 Å². The van der Waals surface area contributed by atoms with Gasteiger partial charge in [-0.1, -0.05) is 20.3 Å². The number of nitrogens with one attached hydrogen (secondary N) is 3. The molecule has 12 heteroatoms. The van der Waals surface area contributed by atoms with Gasteiger partial charge in [-0.15, -0.1) is 0 Å². The monoisotopic (exact) mass is 417 g/mol. The van der Waals surface area contributed by atoms with Crippen LogP contribution in [0.1, 0.15) is 40.0 Å². The van der Waals surface area contributed by atoms with Gasteiger partial charge < -0.3 is 37.6 Å². The number of carboxylic acids is 1. The summed E-state index contributed by atoms with van der Waals surface area (Å²) in [6, 6.07) is -3.62. The zero-order valence-electron chi connectivity index (χ0n) is 16.8. The van der Waals surface area contributed by atoms with Gasteiger partial charge in [-0.3, -0.25) is 19.2 Å². The highest BCUT2D eigenvalue weighted by Crippen LogP contribution is 2.09. The molecule has 0 aromatic heterocycles. The predicted octanol–water partition coefficient (Wildman–Crippen LogP) is -2.82. The summed E-state index contributed by atoms with van der Waals surface area (Å²) in [6.07, 6.45) is -1.03. The van der Waals surface area contributed by atoms with Crippen LogP contribution in [-0.2, 0) is 24.0 Å². The molecule has 0 saturated heterocycles. The molecule has 0 aromatic carbocycles. The number of aliphatic hydroxyl groups excluding tert-OH is 1. The molecule has 12 nitrogen and oxygen atoms in total. The van der Waals surface area contributed by atoms with E-state index in [1.807, 2.05) is 0 Å². The van der Waals surface area contributed by atoms with E-state index < -0.39 is 60.4 Å². The molecule has 0 saturated carbocycles. The number of aliphatic hydroxyl groups is 1. The minimum atomic E-state index is -1.35. The molecule has 0 aromatic rings. The molecule has 0 aliphatic heterocycles. The highest BCUT2D eigenvalue weighted by molar-refractivity contribution is 5.92. The van der Waals surface area contributed by atoms with Crippen molar-refractivity contribution < 1.29 is 34.2 Å². The molecule has 4 amide bonds. The van der Waals surface area contributed by atoms with E-state index in [2.05, 4.69) is 16.0 Å². The fourth-order valence-electron chi connectivity index (χ4n) is 2.24. The van der Waals surface area contributed by atoms with Gasteiger partial charge in [0.1, 0.15) is 18.1 Å². The van der Waals surface area contributed by atoms with E-state index in [0.29, 0.717) is 6.42 Å². The lowest BCUT2D eigenvalue weighted by Crippen LogP contribution is -2.56. The Labute approximate surface area is 168 Å². The van der Waals surface area contributed by atoms with Crippen molar-refractivity contribution in [2.24, 2.45) is 17.4 Å². The summed E-state index contributed by atoms with van der Waals surface area (Å²) in [5, 5.41) is 25.5. The van der Waals surface area contributed by atoms with Crippen molar-refractivity contribution in [2.45, 2.75) is 64.3 Å². The lowest BCUT2D eigenvalue weighted by Gasteiger charge is -2.25. The fourth-order valence-corrected chi connectivity index (χ4v) is 2.24. The number of amides is 4. The van der Waals surface area contributed by atoms with Gasteiger partial charge in [0.15, 0.2) is 0 Å². The first kappa shape index (κ1) is 26.3. The summed E-state index contributed by atoms with van der Waals surface area (Å²) in [6.45, 7) is 4.31. The van der Waals surface area contributed by atoms with E-state index in [9.17, 15) is 34.2 Å². The molecule has 166 valence electrons. The van der Waals surface area contributed by atoms with E-state index in [-0.39, 0.29) is 18.8 Å². The summed E-state index contributed by atoms with van der Waals surface area (Å²) in [5.41, 5.74) is 10.5. The number of carboxylic acid groups (broad SMARTS) is 1. The molecule has 5 unspecified atom stereocenters. The lowest BCUT2D eigenvalue weighted by atomic mass is 9.97. The topological polar surface area (TPSA) is 214 Å². The predicted molar refractivity (Wildman–Crippen MR) is 102 cm³/mol. The molecule has 0 radical (unpaired) electrons. The second kappa shape index (κ2) is 12.7. The standard InChI is InChI=1S/C17H31N5O7/c1-4-8(2)14(16(27)21-10(17(28)29)5-6-11(18)24)22-12(25)7-20-15(26)13(19)9(3)23/h8-10,13-14,23H,4-7,19H2,1-3H3,(H2,18,24)(H,20,26)(H,21,27)(H,22,25)(H,28,29). The molecule has 5 atom stereocenters. The van der Waals surface area contributed by atoms with E-state index >= 15 is 0 Å². The van der Waals surface area contributed by atoms with E-state index in [1.165, 1.54) is 6.92 Å². The fraction of sp³-hybridized carbons (Fsp3) is 0.706. The van der Waals surface area contributed by atoms with Crippen molar-refractivity contribution in [1.82, 2.24) is 16.0 Å². The Balaban J connectivity index is 4.99. The summed E-state index contributed by atoms with van der Waals surface area (Å²) >= 11 is 0. The zero-order valence-corrected chi connectivity index (χ0v) is 16.8. The van der Waals surface area contributed by atoms with Crippen molar-refractivity contribution in [3.05, 3.63) is 0 Å². The number of rotatable bonds is 13. The van der Waals surface area contributed by atoms with Crippen molar-refractivity contribution in [1.29, 1.82) is 0 Å². The van der Waals surface area contributed by atoms with E-state index in [0.717, 1.165) is 0 Å². The maximum atomic E-state index is 12.5. The van der Waals surface area contributed by atoms with Crippen LogP contribution in [0, 0.1) is 5.92 Å². The van der Waals surface area contributed by atoms with Crippen molar-refractivity contribution in [3.8, 4) is 0 Å². The average molecular weight is 417 g/mol. The summed E-state index contributed by atoms with van der Waals surface area (Å²) < 4.78 is 0. The van der Waals surface area contributed by atoms with Crippen molar-refractivity contribution in [3.63, 3.8) is 0 Å². The quantitative estimate of drug-likeness (QED) is 0.165. The third kappa shape index (κ3) is 9.85. The molecular formula is C17H31N5O7. The molecule has 0 heterocycles. The second-order valence-electron chi connectivity index (χ2n) is 6.82. The molecule has 0 aliphatic rings. The van der Waals surface area contributed by atoms with Gasteiger partial charge >= 0.3 is 5.97 Å². The number of nitrogens with two attached hydrogens (primary N) is 2. The summed E-state index contributed by atoms with van der Waals surface area (Å²) in [4.78, 5) is 58.5. The van der Waals surface area contributed by atoms with Gasteiger partial charge in [0, 0.05) is 6.42 Å². The number of primary amides is 1. The largest absolute Gasteiger partial charge is 0.480 e. The Morgan fingerprint density at radius 1 is 1.03 bits per heavy atom.